The lowest BCUT2D eigenvalue weighted by atomic mass is 9.74. The second-order valence-corrected chi connectivity index (χ2v) is 7.67. The van der Waals surface area contributed by atoms with Crippen LogP contribution in [0.4, 0.5) is 0 Å². The summed E-state index contributed by atoms with van der Waals surface area (Å²) in [5.74, 6) is -0.0673. The molecule has 3 N–H and O–H groups in total. The van der Waals surface area contributed by atoms with Crippen LogP contribution in [-0.4, -0.2) is 31.2 Å². The summed E-state index contributed by atoms with van der Waals surface area (Å²) in [6.07, 6.45) is 3.40. The molecule has 1 saturated heterocycles. The Balaban J connectivity index is 2.13. The summed E-state index contributed by atoms with van der Waals surface area (Å²) in [6.45, 7) is 5.90. The second kappa shape index (κ2) is 7.77. The van der Waals surface area contributed by atoms with Gasteiger partial charge in [-0.1, -0.05) is 41.4 Å². The SMILES string of the molecule is CCCC(C)(N)C(=O)NCC1(c2ccc(Br)cc2)CCOCC1. The smallest absolute Gasteiger partial charge is 0.239 e. The fourth-order valence-corrected chi connectivity index (χ4v) is 3.48. The van der Waals surface area contributed by atoms with Crippen molar-refractivity contribution in [3.05, 3.63) is 34.3 Å². The molecule has 1 atom stereocenters. The van der Waals surface area contributed by atoms with Gasteiger partial charge in [0.2, 0.25) is 5.91 Å². The molecule has 1 amide bonds. The average Bonchev–Trinajstić information content (AvgIpc) is 2.54. The zero-order valence-electron chi connectivity index (χ0n) is 14.0. The van der Waals surface area contributed by atoms with Gasteiger partial charge in [-0.2, -0.15) is 0 Å². The lowest BCUT2D eigenvalue weighted by Crippen LogP contribution is -2.55. The van der Waals surface area contributed by atoms with Gasteiger partial charge >= 0.3 is 0 Å². The molecular formula is C18H27BrN2O2. The van der Waals surface area contributed by atoms with Gasteiger partial charge < -0.3 is 15.8 Å². The van der Waals surface area contributed by atoms with E-state index in [0.29, 0.717) is 13.0 Å². The van der Waals surface area contributed by atoms with Gasteiger partial charge in [-0.05, 0) is 43.9 Å². The highest BCUT2D eigenvalue weighted by Crippen LogP contribution is 2.35. The first-order valence-electron chi connectivity index (χ1n) is 8.31. The van der Waals surface area contributed by atoms with Crippen molar-refractivity contribution < 1.29 is 9.53 Å². The summed E-state index contributed by atoms with van der Waals surface area (Å²) in [4.78, 5) is 12.5. The first kappa shape index (κ1) is 18.4. The molecule has 0 radical (unpaired) electrons. The summed E-state index contributed by atoms with van der Waals surface area (Å²) < 4.78 is 6.60. The number of rotatable bonds is 6. The summed E-state index contributed by atoms with van der Waals surface area (Å²) in [7, 11) is 0. The molecule has 0 bridgehead atoms. The minimum atomic E-state index is -0.805. The molecule has 23 heavy (non-hydrogen) atoms. The van der Waals surface area contributed by atoms with Gasteiger partial charge in [-0.15, -0.1) is 0 Å². The van der Waals surface area contributed by atoms with Gasteiger partial charge in [-0.25, -0.2) is 0 Å². The highest BCUT2D eigenvalue weighted by Gasteiger charge is 2.36. The second-order valence-electron chi connectivity index (χ2n) is 6.75. The van der Waals surface area contributed by atoms with Crippen LogP contribution in [0.25, 0.3) is 0 Å². The molecular weight excluding hydrogens is 356 g/mol. The van der Waals surface area contributed by atoms with E-state index in [-0.39, 0.29) is 11.3 Å². The molecule has 5 heteroatoms. The third-order valence-corrected chi connectivity index (χ3v) is 5.31. The van der Waals surface area contributed by atoms with Crippen molar-refractivity contribution in [2.75, 3.05) is 19.8 Å². The number of hydrogen-bond acceptors (Lipinski definition) is 3. The fourth-order valence-electron chi connectivity index (χ4n) is 3.22. The first-order chi connectivity index (χ1) is 10.9. The summed E-state index contributed by atoms with van der Waals surface area (Å²) in [6, 6.07) is 8.38. The van der Waals surface area contributed by atoms with Crippen LogP contribution in [0.3, 0.4) is 0 Å². The van der Waals surface area contributed by atoms with E-state index in [1.807, 2.05) is 13.8 Å². The van der Waals surface area contributed by atoms with E-state index in [9.17, 15) is 4.79 Å². The molecule has 1 aliphatic rings. The maximum atomic E-state index is 12.5. The van der Waals surface area contributed by atoms with Crippen LogP contribution in [0.1, 0.15) is 45.1 Å². The number of nitrogens with two attached hydrogens (primary N) is 1. The normalized spacial score (nSPS) is 19.8. The van der Waals surface area contributed by atoms with Crippen molar-refractivity contribution in [2.24, 2.45) is 5.73 Å². The molecule has 0 saturated carbocycles. The van der Waals surface area contributed by atoms with E-state index in [2.05, 4.69) is 45.5 Å². The Morgan fingerprint density at radius 1 is 1.35 bits per heavy atom. The van der Waals surface area contributed by atoms with Crippen molar-refractivity contribution in [1.82, 2.24) is 5.32 Å². The number of ether oxygens (including phenoxy) is 1. The maximum Gasteiger partial charge on any atom is 0.239 e. The lowest BCUT2D eigenvalue weighted by molar-refractivity contribution is -0.126. The van der Waals surface area contributed by atoms with Gasteiger partial charge in [0.25, 0.3) is 0 Å². The van der Waals surface area contributed by atoms with Crippen LogP contribution < -0.4 is 11.1 Å². The molecule has 1 heterocycles. The Hall–Kier alpha value is -0.910. The molecule has 128 valence electrons. The predicted molar refractivity (Wildman–Crippen MR) is 96.4 cm³/mol. The Kier molecular flexibility index (Phi) is 6.23. The standard InChI is InChI=1S/C18H27BrN2O2/c1-3-8-17(2,20)16(22)21-13-18(9-11-23-12-10-18)14-4-6-15(19)7-5-14/h4-7H,3,8-13,20H2,1-2H3,(H,21,22). The largest absolute Gasteiger partial charge is 0.381 e. The summed E-state index contributed by atoms with van der Waals surface area (Å²) in [5, 5.41) is 3.10. The minimum absolute atomic E-state index is 0.0673. The number of nitrogens with one attached hydrogen (secondary N) is 1. The molecule has 1 unspecified atom stereocenters. The number of carbonyl (C=O) groups is 1. The van der Waals surface area contributed by atoms with E-state index < -0.39 is 5.54 Å². The number of halogens is 1. The van der Waals surface area contributed by atoms with E-state index in [0.717, 1.165) is 36.9 Å². The van der Waals surface area contributed by atoms with Crippen LogP contribution in [0.2, 0.25) is 0 Å². The molecule has 1 aromatic carbocycles. The molecule has 0 aliphatic carbocycles. The van der Waals surface area contributed by atoms with Crippen LogP contribution in [0.5, 0.6) is 0 Å². The van der Waals surface area contributed by atoms with Crippen LogP contribution in [0.15, 0.2) is 28.7 Å². The van der Waals surface area contributed by atoms with Crippen LogP contribution in [-0.2, 0) is 14.9 Å². The number of amides is 1. The Morgan fingerprint density at radius 2 is 1.96 bits per heavy atom. The fraction of sp³-hybridized carbons (Fsp3) is 0.611. The van der Waals surface area contributed by atoms with Crippen molar-refractivity contribution in [2.45, 2.75) is 50.5 Å². The van der Waals surface area contributed by atoms with Gasteiger partial charge in [0.15, 0.2) is 0 Å². The third-order valence-electron chi connectivity index (χ3n) is 4.78. The Morgan fingerprint density at radius 3 is 2.52 bits per heavy atom. The quantitative estimate of drug-likeness (QED) is 0.793. The molecule has 2 rings (SSSR count). The van der Waals surface area contributed by atoms with Crippen molar-refractivity contribution in [1.29, 1.82) is 0 Å². The molecule has 1 aromatic rings. The van der Waals surface area contributed by atoms with E-state index in [4.69, 9.17) is 10.5 Å². The average molecular weight is 383 g/mol. The zero-order valence-corrected chi connectivity index (χ0v) is 15.6. The monoisotopic (exact) mass is 382 g/mol. The van der Waals surface area contributed by atoms with E-state index >= 15 is 0 Å². The minimum Gasteiger partial charge on any atom is -0.381 e. The first-order valence-corrected chi connectivity index (χ1v) is 9.10. The van der Waals surface area contributed by atoms with Crippen molar-refractivity contribution >= 4 is 21.8 Å². The molecule has 4 nitrogen and oxygen atoms in total. The highest BCUT2D eigenvalue weighted by atomic mass is 79.9. The zero-order chi connectivity index (χ0) is 16.9. The Labute approximate surface area is 147 Å². The predicted octanol–water partition coefficient (Wildman–Crippen LogP) is 3.13. The van der Waals surface area contributed by atoms with Gasteiger partial charge in [0.05, 0.1) is 5.54 Å². The summed E-state index contributed by atoms with van der Waals surface area (Å²) in [5.41, 5.74) is 6.52. The molecule has 1 aliphatic heterocycles. The summed E-state index contributed by atoms with van der Waals surface area (Å²) >= 11 is 3.48. The lowest BCUT2D eigenvalue weighted by Gasteiger charge is -2.38. The van der Waals surface area contributed by atoms with Gasteiger partial charge in [-0.3, -0.25) is 4.79 Å². The number of carbonyl (C=O) groups excluding carboxylic acids is 1. The Bertz CT molecular complexity index is 522. The molecule has 0 aromatic heterocycles. The topological polar surface area (TPSA) is 64.4 Å². The van der Waals surface area contributed by atoms with Crippen LogP contribution in [0, 0.1) is 0 Å². The molecule has 0 spiro atoms. The van der Waals surface area contributed by atoms with Gasteiger partial charge in [0, 0.05) is 29.6 Å². The van der Waals surface area contributed by atoms with Crippen molar-refractivity contribution in [3.8, 4) is 0 Å². The van der Waals surface area contributed by atoms with E-state index in [1.165, 1.54) is 5.56 Å². The third kappa shape index (κ3) is 4.55. The van der Waals surface area contributed by atoms with Crippen LogP contribution >= 0.6 is 15.9 Å². The molecule has 1 fully saturated rings. The van der Waals surface area contributed by atoms with E-state index in [1.54, 1.807) is 0 Å². The maximum absolute atomic E-state index is 12.5. The van der Waals surface area contributed by atoms with Crippen molar-refractivity contribution in [3.63, 3.8) is 0 Å². The number of hydrogen-bond donors (Lipinski definition) is 2. The highest BCUT2D eigenvalue weighted by molar-refractivity contribution is 9.10. The number of benzene rings is 1. The van der Waals surface area contributed by atoms with Gasteiger partial charge in [0.1, 0.15) is 0 Å².